The molecule has 1 aromatic heterocycles. The first-order chi connectivity index (χ1) is 15.8. The molecule has 1 amide bonds. The number of carbonyl (C=O) groups excluding carboxylic acids is 2. The largest absolute Gasteiger partial charge is 0.387 e. The van der Waals surface area contributed by atoms with Crippen molar-refractivity contribution < 1.29 is 14.7 Å². The van der Waals surface area contributed by atoms with Gasteiger partial charge >= 0.3 is 0 Å². The predicted molar refractivity (Wildman–Crippen MR) is 126 cm³/mol. The van der Waals surface area contributed by atoms with Crippen LogP contribution in [0.2, 0.25) is 5.02 Å². The van der Waals surface area contributed by atoms with E-state index in [4.69, 9.17) is 11.6 Å². The maximum Gasteiger partial charge on any atom is 0.248 e. The van der Waals surface area contributed by atoms with Crippen molar-refractivity contribution in [1.29, 1.82) is 0 Å². The fourth-order valence-corrected chi connectivity index (χ4v) is 4.96. The summed E-state index contributed by atoms with van der Waals surface area (Å²) in [5, 5.41) is 19.2. The Hall–Kier alpha value is -2.25. The van der Waals surface area contributed by atoms with Crippen molar-refractivity contribution in [2.45, 2.75) is 64.8 Å². The third-order valence-corrected chi connectivity index (χ3v) is 7.36. The van der Waals surface area contributed by atoms with Gasteiger partial charge in [0.25, 0.3) is 0 Å². The highest BCUT2D eigenvalue weighted by molar-refractivity contribution is 6.31. The van der Waals surface area contributed by atoms with Crippen LogP contribution in [0.25, 0.3) is 0 Å². The third-order valence-electron chi connectivity index (χ3n) is 6.95. The van der Waals surface area contributed by atoms with Crippen LogP contribution in [-0.2, 0) is 22.4 Å². The molecule has 8 heteroatoms. The lowest BCUT2D eigenvalue weighted by molar-refractivity contribution is -0.133. The number of aromatic nitrogens is 3. The van der Waals surface area contributed by atoms with Crippen LogP contribution in [0.1, 0.15) is 67.8 Å². The Morgan fingerprint density at radius 1 is 1.21 bits per heavy atom. The number of aryl methyl sites for hydroxylation is 1. The number of hydrogen-bond acceptors (Lipinski definition) is 5. The monoisotopic (exact) mass is 472 g/mol. The number of carbonyl (C=O) groups is 2. The number of ketones is 1. The molecule has 1 saturated heterocycles. The Bertz CT molecular complexity index is 1030. The second kappa shape index (κ2) is 9.94. The van der Waals surface area contributed by atoms with Gasteiger partial charge in [0.05, 0.1) is 0 Å². The molecule has 0 radical (unpaired) electrons. The van der Waals surface area contributed by atoms with Gasteiger partial charge in [-0.2, -0.15) is 0 Å². The zero-order chi connectivity index (χ0) is 23.7. The van der Waals surface area contributed by atoms with Crippen LogP contribution in [0.4, 0.5) is 0 Å². The molecular formula is C25H33ClN4O3. The summed E-state index contributed by atoms with van der Waals surface area (Å²) < 4.78 is 2.24. The van der Waals surface area contributed by atoms with E-state index in [-0.39, 0.29) is 24.0 Å². The van der Waals surface area contributed by atoms with Gasteiger partial charge in [-0.1, -0.05) is 37.6 Å². The van der Waals surface area contributed by atoms with Gasteiger partial charge in [-0.3, -0.25) is 9.59 Å². The molecule has 2 fully saturated rings. The Labute approximate surface area is 200 Å². The van der Waals surface area contributed by atoms with Gasteiger partial charge in [0.1, 0.15) is 24.0 Å². The summed E-state index contributed by atoms with van der Waals surface area (Å²) in [5.41, 5.74) is 1.81. The van der Waals surface area contributed by atoms with Gasteiger partial charge in [-0.15, -0.1) is 10.2 Å². The van der Waals surface area contributed by atoms with Crippen LogP contribution in [0.5, 0.6) is 0 Å². The molecule has 2 aliphatic rings. The fraction of sp³-hybridized carbons (Fsp3) is 0.600. The number of aliphatic hydroxyl groups excluding tert-OH is 1. The van der Waals surface area contributed by atoms with Crippen molar-refractivity contribution in [3.8, 4) is 0 Å². The number of rotatable bonds is 9. The molecule has 2 atom stereocenters. The minimum atomic E-state index is -0.560. The number of Topliss-reactive ketones (excluding diaryl/α,β-unsaturated/α-hetero) is 1. The average molecular weight is 473 g/mol. The lowest BCUT2D eigenvalue weighted by atomic mass is 9.87. The van der Waals surface area contributed by atoms with E-state index >= 15 is 0 Å². The molecule has 1 aliphatic carbocycles. The van der Waals surface area contributed by atoms with Crippen LogP contribution in [0.15, 0.2) is 18.2 Å². The molecule has 0 spiro atoms. The van der Waals surface area contributed by atoms with E-state index in [9.17, 15) is 14.7 Å². The topological polar surface area (TPSA) is 88.3 Å². The molecule has 1 saturated carbocycles. The summed E-state index contributed by atoms with van der Waals surface area (Å²) in [5.74, 6) is 1.44. The smallest absolute Gasteiger partial charge is 0.248 e. The first-order valence-electron chi connectivity index (χ1n) is 11.9. The molecule has 2 aromatic rings. The molecule has 7 nitrogen and oxygen atoms in total. The molecule has 1 aromatic carbocycles. The SMILES string of the molecule is Cc1c(Cl)cccc1CC(=O)[C@H]1CN(C(=O)CO)C[C@@H]1c1nnc(CCC(C)C)n1C1CC1. The number of halogens is 1. The molecule has 178 valence electrons. The van der Waals surface area contributed by atoms with E-state index in [1.807, 2.05) is 25.1 Å². The Morgan fingerprint density at radius 3 is 2.64 bits per heavy atom. The van der Waals surface area contributed by atoms with E-state index in [2.05, 4.69) is 28.6 Å². The van der Waals surface area contributed by atoms with E-state index in [1.54, 1.807) is 4.90 Å². The Balaban J connectivity index is 1.64. The first kappa shape index (κ1) is 23.9. The number of benzene rings is 1. The van der Waals surface area contributed by atoms with Gasteiger partial charge in [-0.25, -0.2) is 0 Å². The van der Waals surface area contributed by atoms with Gasteiger partial charge in [-0.05, 0) is 49.3 Å². The maximum absolute atomic E-state index is 13.5. The molecule has 4 rings (SSSR count). The Morgan fingerprint density at radius 2 is 1.97 bits per heavy atom. The minimum absolute atomic E-state index is 0.0627. The summed E-state index contributed by atoms with van der Waals surface area (Å²) in [6.45, 7) is 6.42. The Kier molecular flexibility index (Phi) is 7.19. The van der Waals surface area contributed by atoms with Crippen molar-refractivity contribution in [2.24, 2.45) is 11.8 Å². The van der Waals surface area contributed by atoms with Crippen LogP contribution in [-0.4, -0.2) is 56.2 Å². The minimum Gasteiger partial charge on any atom is -0.387 e. The van der Waals surface area contributed by atoms with E-state index in [1.165, 1.54) is 0 Å². The summed E-state index contributed by atoms with van der Waals surface area (Å²) in [6.07, 6.45) is 4.32. The van der Waals surface area contributed by atoms with Crippen molar-refractivity contribution in [1.82, 2.24) is 19.7 Å². The number of aliphatic hydroxyl groups is 1. The normalized spacial score (nSPS) is 20.6. The number of nitrogens with zero attached hydrogens (tertiary/aromatic N) is 4. The number of hydrogen-bond donors (Lipinski definition) is 1. The first-order valence-corrected chi connectivity index (χ1v) is 12.3. The second-order valence-corrected chi connectivity index (χ2v) is 10.3. The van der Waals surface area contributed by atoms with Gasteiger partial charge in [0.2, 0.25) is 5.91 Å². The predicted octanol–water partition coefficient (Wildman–Crippen LogP) is 3.51. The zero-order valence-electron chi connectivity index (χ0n) is 19.6. The molecule has 0 unspecified atom stereocenters. The average Bonchev–Trinajstić information content (AvgIpc) is 3.38. The van der Waals surface area contributed by atoms with Crippen LogP contribution < -0.4 is 0 Å². The lowest BCUT2D eigenvalue weighted by Gasteiger charge is -2.19. The molecule has 2 heterocycles. The van der Waals surface area contributed by atoms with Crippen LogP contribution >= 0.6 is 11.6 Å². The molecule has 1 N–H and O–H groups in total. The zero-order valence-corrected chi connectivity index (χ0v) is 20.4. The number of likely N-dealkylation sites (tertiary alicyclic amines) is 1. The number of amides is 1. The van der Waals surface area contributed by atoms with Crippen molar-refractivity contribution in [2.75, 3.05) is 19.7 Å². The van der Waals surface area contributed by atoms with Gasteiger partial charge in [0.15, 0.2) is 0 Å². The van der Waals surface area contributed by atoms with Crippen LogP contribution in [0, 0.1) is 18.8 Å². The molecule has 0 bridgehead atoms. The highest BCUT2D eigenvalue weighted by atomic mass is 35.5. The quantitative estimate of drug-likeness (QED) is 0.603. The molecule has 33 heavy (non-hydrogen) atoms. The van der Waals surface area contributed by atoms with Gasteiger partial charge in [0, 0.05) is 48.8 Å². The third kappa shape index (κ3) is 5.14. The van der Waals surface area contributed by atoms with Crippen LogP contribution in [0.3, 0.4) is 0 Å². The van der Waals surface area contributed by atoms with Crippen molar-refractivity contribution in [3.05, 3.63) is 46.0 Å². The highest BCUT2D eigenvalue weighted by Gasteiger charge is 2.44. The van der Waals surface area contributed by atoms with E-state index in [0.29, 0.717) is 30.1 Å². The summed E-state index contributed by atoms with van der Waals surface area (Å²) in [4.78, 5) is 27.5. The van der Waals surface area contributed by atoms with Crippen molar-refractivity contribution >= 4 is 23.3 Å². The molecule has 1 aliphatic heterocycles. The summed E-state index contributed by atoms with van der Waals surface area (Å²) in [6, 6.07) is 5.99. The highest BCUT2D eigenvalue weighted by Crippen LogP contribution is 2.41. The summed E-state index contributed by atoms with van der Waals surface area (Å²) in [7, 11) is 0. The van der Waals surface area contributed by atoms with Crippen molar-refractivity contribution in [3.63, 3.8) is 0 Å². The summed E-state index contributed by atoms with van der Waals surface area (Å²) >= 11 is 6.27. The standard InChI is InChI=1S/C25H33ClN4O3/c1-15(2)7-10-23-27-28-25(30(23)18-8-9-18)20-13-29(24(33)14-31)12-19(20)22(32)11-17-5-4-6-21(26)16(17)3/h4-6,15,18-20,31H,7-14H2,1-3H3/t19-,20-/m0/s1. The second-order valence-electron chi connectivity index (χ2n) is 9.84. The molecular weight excluding hydrogens is 440 g/mol. The van der Waals surface area contributed by atoms with Gasteiger partial charge < -0.3 is 14.6 Å². The fourth-order valence-electron chi connectivity index (χ4n) is 4.77. The van der Waals surface area contributed by atoms with E-state index < -0.39 is 12.5 Å². The maximum atomic E-state index is 13.5. The lowest BCUT2D eigenvalue weighted by Crippen LogP contribution is -2.32. The van der Waals surface area contributed by atoms with E-state index in [0.717, 1.165) is 48.5 Å².